The van der Waals surface area contributed by atoms with Crippen LogP contribution in [0.4, 0.5) is 13.2 Å². The van der Waals surface area contributed by atoms with Crippen molar-refractivity contribution in [1.82, 2.24) is 0 Å². The summed E-state index contributed by atoms with van der Waals surface area (Å²) in [6, 6.07) is 6.28. The van der Waals surface area contributed by atoms with Crippen LogP contribution in [0.1, 0.15) is 29.5 Å². The lowest BCUT2D eigenvalue weighted by Gasteiger charge is -2.13. The first kappa shape index (κ1) is 11.0. The van der Waals surface area contributed by atoms with Gasteiger partial charge in [0.1, 0.15) is 0 Å². The molecule has 84 valence electrons. The highest BCUT2D eigenvalue weighted by atomic mass is 19.4. The van der Waals surface area contributed by atoms with Crippen molar-refractivity contribution in [2.45, 2.75) is 31.4 Å². The van der Waals surface area contributed by atoms with E-state index in [4.69, 9.17) is 5.26 Å². The third-order valence-electron chi connectivity index (χ3n) is 3.06. The molecule has 0 unspecified atom stereocenters. The standard InChI is InChI=1S/C12H10F3N/c1-8-2-3-9(11(7-16)4-5-11)6-10(8)12(13,14)15/h2-3,6H,4-5H2,1H3. The van der Waals surface area contributed by atoms with E-state index in [0.29, 0.717) is 18.4 Å². The fourth-order valence-corrected chi connectivity index (χ4v) is 1.82. The molecule has 0 spiro atoms. The molecule has 0 radical (unpaired) electrons. The zero-order chi connectivity index (χ0) is 12.0. The summed E-state index contributed by atoms with van der Waals surface area (Å²) in [7, 11) is 0. The van der Waals surface area contributed by atoms with E-state index in [1.165, 1.54) is 13.0 Å². The maximum atomic E-state index is 12.7. The molecule has 1 aliphatic rings. The molecule has 4 heteroatoms. The number of nitriles is 1. The summed E-state index contributed by atoms with van der Waals surface area (Å²) in [6.07, 6.45) is -3.03. The lowest BCUT2D eigenvalue weighted by Crippen LogP contribution is -2.11. The number of hydrogen-bond donors (Lipinski definition) is 0. The van der Waals surface area contributed by atoms with Gasteiger partial charge in [0, 0.05) is 0 Å². The number of hydrogen-bond acceptors (Lipinski definition) is 1. The van der Waals surface area contributed by atoms with E-state index >= 15 is 0 Å². The molecule has 16 heavy (non-hydrogen) atoms. The number of halogens is 3. The molecule has 0 atom stereocenters. The maximum absolute atomic E-state index is 12.7. The molecular weight excluding hydrogens is 215 g/mol. The highest BCUT2D eigenvalue weighted by Gasteiger charge is 2.46. The summed E-state index contributed by atoms with van der Waals surface area (Å²) in [5.41, 5.74) is -0.599. The molecule has 1 nitrogen and oxygen atoms in total. The zero-order valence-corrected chi connectivity index (χ0v) is 8.73. The summed E-state index contributed by atoms with van der Waals surface area (Å²) in [6.45, 7) is 1.43. The Kier molecular flexibility index (Phi) is 2.23. The number of nitrogens with zero attached hydrogens (tertiary/aromatic N) is 1. The summed E-state index contributed by atoms with van der Waals surface area (Å²) < 4.78 is 38.0. The minimum atomic E-state index is -4.34. The molecule has 1 aliphatic carbocycles. The van der Waals surface area contributed by atoms with E-state index in [1.54, 1.807) is 6.07 Å². The number of alkyl halides is 3. The van der Waals surface area contributed by atoms with E-state index in [0.717, 1.165) is 6.07 Å². The summed E-state index contributed by atoms with van der Waals surface area (Å²) in [4.78, 5) is 0. The van der Waals surface area contributed by atoms with Crippen molar-refractivity contribution in [3.8, 4) is 6.07 Å². The van der Waals surface area contributed by atoms with Crippen molar-refractivity contribution in [2.24, 2.45) is 0 Å². The van der Waals surface area contributed by atoms with Crippen LogP contribution in [0.25, 0.3) is 0 Å². The molecular formula is C12H10F3N. The Morgan fingerprint density at radius 1 is 1.31 bits per heavy atom. The fourth-order valence-electron chi connectivity index (χ4n) is 1.82. The Morgan fingerprint density at radius 2 is 1.94 bits per heavy atom. The molecule has 1 saturated carbocycles. The van der Waals surface area contributed by atoms with Crippen LogP contribution in [0.15, 0.2) is 18.2 Å². The van der Waals surface area contributed by atoms with Gasteiger partial charge in [-0.15, -0.1) is 0 Å². The van der Waals surface area contributed by atoms with Crippen LogP contribution in [0, 0.1) is 18.3 Å². The highest BCUT2D eigenvalue weighted by molar-refractivity contribution is 5.44. The lowest BCUT2D eigenvalue weighted by molar-refractivity contribution is -0.138. The third kappa shape index (κ3) is 1.67. The Bertz CT molecular complexity index is 464. The average molecular weight is 225 g/mol. The van der Waals surface area contributed by atoms with Crippen molar-refractivity contribution < 1.29 is 13.2 Å². The second-order valence-corrected chi connectivity index (χ2v) is 4.22. The molecule has 0 heterocycles. The molecule has 1 fully saturated rings. The van der Waals surface area contributed by atoms with Gasteiger partial charge >= 0.3 is 6.18 Å². The van der Waals surface area contributed by atoms with Crippen LogP contribution in [0.2, 0.25) is 0 Å². The van der Waals surface area contributed by atoms with Crippen LogP contribution >= 0.6 is 0 Å². The third-order valence-corrected chi connectivity index (χ3v) is 3.06. The van der Waals surface area contributed by atoms with E-state index in [9.17, 15) is 13.2 Å². The maximum Gasteiger partial charge on any atom is 0.416 e. The lowest BCUT2D eigenvalue weighted by atomic mass is 9.94. The van der Waals surface area contributed by atoms with Gasteiger partial charge in [-0.25, -0.2) is 0 Å². The van der Waals surface area contributed by atoms with Gasteiger partial charge in [-0.1, -0.05) is 12.1 Å². The average Bonchev–Trinajstić information content (AvgIpc) is 2.97. The molecule has 0 aliphatic heterocycles. The summed E-state index contributed by atoms with van der Waals surface area (Å²) >= 11 is 0. The van der Waals surface area contributed by atoms with Gasteiger partial charge in [0.25, 0.3) is 0 Å². The van der Waals surface area contributed by atoms with E-state index < -0.39 is 17.2 Å². The van der Waals surface area contributed by atoms with Crippen molar-refractivity contribution in [2.75, 3.05) is 0 Å². The normalized spacial score (nSPS) is 17.9. The predicted octanol–water partition coefficient (Wildman–Crippen LogP) is 3.57. The molecule has 0 N–H and O–H groups in total. The Hall–Kier alpha value is -1.50. The van der Waals surface area contributed by atoms with Gasteiger partial charge in [0.15, 0.2) is 0 Å². The quantitative estimate of drug-likeness (QED) is 0.716. The Morgan fingerprint density at radius 3 is 2.38 bits per heavy atom. The molecule has 1 aromatic rings. The summed E-state index contributed by atoms with van der Waals surface area (Å²) in [5, 5.41) is 8.94. The van der Waals surface area contributed by atoms with Crippen LogP contribution in [0.5, 0.6) is 0 Å². The molecule has 2 rings (SSSR count). The second kappa shape index (κ2) is 3.24. The van der Waals surface area contributed by atoms with E-state index in [-0.39, 0.29) is 5.56 Å². The van der Waals surface area contributed by atoms with Gasteiger partial charge in [-0.3, -0.25) is 0 Å². The van der Waals surface area contributed by atoms with Gasteiger partial charge in [-0.2, -0.15) is 18.4 Å². The largest absolute Gasteiger partial charge is 0.416 e. The number of benzene rings is 1. The van der Waals surface area contributed by atoms with Gasteiger partial charge < -0.3 is 0 Å². The minimum absolute atomic E-state index is 0.199. The van der Waals surface area contributed by atoms with Crippen LogP contribution in [-0.2, 0) is 11.6 Å². The Labute approximate surface area is 91.5 Å². The van der Waals surface area contributed by atoms with Crippen LogP contribution in [-0.4, -0.2) is 0 Å². The number of aryl methyl sites for hydroxylation is 1. The SMILES string of the molecule is Cc1ccc(C2(C#N)CC2)cc1C(F)(F)F. The first-order chi connectivity index (χ1) is 7.39. The topological polar surface area (TPSA) is 23.8 Å². The predicted molar refractivity (Wildman–Crippen MR) is 52.7 cm³/mol. The van der Waals surface area contributed by atoms with Crippen LogP contribution in [0.3, 0.4) is 0 Å². The Balaban J connectivity index is 2.49. The minimum Gasteiger partial charge on any atom is -0.197 e. The second-order valence-electron chi connectivity index (χ2n) is 4.22. The zero-order valence-electron chi connectivity index (χ0n) is 8.73. The molecule has 0 bridgehead atoms. The molecule has 0 amide bonds. The summed E-state index contributed by atoms with van der Waals surface area (Å²) in [5.74, 6) is 0. The molecule has 0 aromatic heterocycles. The van der Waals surface area contributed by atoms with Gasteiger partial charge in [0.05, 0.1) is 17.0 Å². The molecule has 0 saturated heterocycles. The van der Waals surface area contributed by atoms with Crippen molar-refractivity contribution in [1.29, 1.82) is 5.26 Å². The first-order valence-electron chi connectivity index (χ1n) is 4.99. The molecule has 1 aromatic carbocycles. The van der Waals surface area contributed by atoms with Crippen molar-refractivity contribution in [3.05, 3.63) is 34.9 Å². The van der Waals surface area contributed by atoms with E-state index in [2.05, 4.69) is 6.07 Å². The van der Waals surface area contributed by atoms with Gasteiger partial charge in [-0.05, 0) is 37.0 Å². The monoisotopic (exact) mass is 225 g/mol. The van der Waals surface area contributed by atoms with Crippen LogP contribution < -0.4 is 0 Å². The highest BCUT2D eigenvalue weighted by Crippen LogP contribution is 2.48. The van der Waals surface area contributed by atoms with Crippen molar-refractivity contribution >= 4 is 0 Å². The fraction of sp³-hybridized carbons (Fsp3) is 0.417. The smallest absolute Gasteiger partial charge is 0.197 e. The van der Waals surface area contributed by atoms with E-state index in [1.807, 2.05) is 0 Å². The van der Waals surface area contributed by atoms with Crippen molar-refractivity contribution in [3.63, 3.8) is 0 Å². The first-order valence-corrected chi connectivity index (χ1v) is 4.99. The van der Waals surface area contributed by atoms with Gasteiger partial charge in [0.2, 0.25) is 0 Å². The number of rotatable bonds is 1.